The molecule has 1 unspecified atom stereocenters. The molecule has 3 aromatic rings. The molecule has 0 saturated heterocycles. The maximum absolute atomic E-state index is 15.2. The minimum absolute atomic E-state index is 0.00415. The molecule has 0 bridgehead atoms. The molecular formula is C27H27FN2O4S. The van der Waals surface area contributed by atoms with Crippen molar-refractivity contribution in [2.45, 2.75) is 44.2 Å². The van der Waals surface area contributed by atoms with Crippen molar-refractivity contribution in [3.63, 3.8) is 0 Å². The van der Waals surface area contributed by atoms with Crippen LogP contribution in [0.1, 0.15) is 53.4 Å². The van der Waals surface area contributed by atoms with Crippen LogP contribution in [0.25, 0.3) is 0 Å². The lowest BCUT2D eigenvalue weighted by molar-refractivity contribution is -0.123. The zero-order valence-electron chi connectivity index (χ0n) is 19.2. The molecule has 0 radical (unpaired) electrons. The number of nitrogens with one attached hydrogen (secondary N) is 1. The monoisotopic (exact) mass is 494 g/mol. The third-order valence-corrected chi connectivity index (χ3v) is 7.27. The fraction of sp³-hybridized carbons (Fsp3) is 0.333. The summed E-state index contributed by atoms with van der Waals surface area (Å²) in [5, 5.41) is 4.91. The average molecular weight is 495 g/mol. The Morgan fingerprint density at radius 1 is 0.971 bits per heavy atom. The molecule has 0 spiro atoms. The molecule has 182 valence electrons. The van der Waals surface area contributed by atoms with Gasteiger partial charge >= 0.3 is 0 Å². The molecule has 8 heteroatoms. The van der Waals surface area contributed by atoms with Crippen LogP contribution < -0.4 is 19.7 Å². The number of carbonyl (C=O) groups excluding carboxylic acids is 2. The Hall–Kier alpha value is -3.39. The first-order valence-corrected chi connectivity index (χ1v) is 12.8. The summed E-state index contributed by atoms with van der Waals surface area (Å²) in [6.07, 6.45) is 4.96. The summed E-state index contributed by atoms with van der Waals surface area (Å²) >= 11 is 1.27. The van der Waals surface area contributed by atoms with Crippen LogP contribution >= 0.6 is 11.3 Å². The number of carbonyl (C=O) groups is 2. The molecule has 2 aromatic carbocycles. The van der Waals surface area contributed by atoms with Crippen LogP contribution in [0.3, 0.4) is 0 Å². The maximum Gasteiger partial charge on any atom is 0.269 e. The number of ether oxygens (including phenoxy) is 2. The summed E-state index contributed by atoms with van der Waals surface area (Å²) in [6.45, 7) is 0.820. The number of hydrogen-bond donors (Lipinski definition) is 1. The standard InChI is InChI=1S/C27H27FN2O4S/c28-21-10-5-4-9-20(21)25(26(31)29-18-7-2-1-3-8-18)30(27(32)24-11-6-16-35-24)19-12-13-22-23(17-19)34-15-14-33-22/h4-6,9-13,16-18,25H,1-3,7-8,14-15H2,(H,29,31). The molecule has 1 N–H and O–H groups in total. The fourth-order valence-corrected chi connectivity index (χ4v) is 5.37. The van der Waals surface area contributed by atoms with Crippen molar-refractivity contribution in [2.24, 2.45) is 0 Å². The van der Waals surface area contributed by atoms with Crippen LogP contribution in [0.4, 0.5) is 10.1 Å². The van der Waals surface area contributed by atoms with Crippen molar-refractivity contribution in [3.05, 3.63) is 76.2 Å². The Balaban J connectivity index is 1.61. The topological polar surface area (TPSA) is 67.9 Å². The molecule has 1 aliphatic heterocycles. The molecule has 1 fully saturated rings. The number of benzene rings is 2. The second-order valence-electron chi connectivity index (χ2n) is 8.75. The smallest absolute Gasteiger partial charge is 0.269 e. The van der Waals surface area contributed by atoms with Gasteiger partial charge in [-0.3, -0.25) is 14.5 Å². The summed E-state index contributed by atoms with van der Waals surface area (Å²) in [5.41, 5.74) is 0.570. The number of amides is 2. The number of hydrogen-bond acceptors (Lipinski definition) is 5. The summed E-state index contributed by atoms with van der Waals surface area (Å²) < 4.78 is 26.6. The zero-order chi connectivity index (χ0) is 24.2. The van der Waals surface area contributed by atoms with Crippen molar-refractivity contribution in [3.8, 4) is 11.5 Å². The summed E-state index contributed by atoms with van der Waals surface area (Å²) in [5.74, 6) is -0.279. The lowest BCUT2D eigenvalue weighted by atomic mass is 9.94. The van der Waals surface area contributed by atoms with E-state index in [9.17, 15) is 9.59 Å². The highest BCUT2D eigenvalue weighted by molar-refractivity contribution is 7.12. The van der Waals surface area contributed by atoms with Gasteiger partial charge in [-0.2, -0.15) is 0 Å². The van der Waals surface area contributed by atoms with Gasteiger partial charge in [0.1, 0.15) is 25.1 Å². The number of nitrogens with zero attached hydrogens (tertiary/aromatic N) is 1. The van der Waals surface area contributed by atoms with Crippen LogP contribution in [0.2, 0.25) is 0 Å². The highest BCUT2D eigenvalue weighted by Gasteiger charge is 2.37. The van der Waals surface area contributed by atoms with E-state index in [2.05, 4.69) is 5.32 Å². The predicted octanol–water partition coefficient (Wildman–Crippen LogP) is 5.50. The maximum atomic E-state index is 15.2. The first kappa shape index (κ1) is 23.4. The van der Waals surface area contributed by atoms with E-state index in [4.69, 9.17) is 9.47 Å². The van der Waals surface area contributed by atoms with Crippen molar-refractivity contribution < 1.29 is 23.5 Å². The lowest BCUT2D eigenvalue weighted by Crippen LogP contribution is -2.47. The molecule has 1 atom stereocenters. The van der Waals surface area contributed by atoms with Crippen LogP contribution in [-0.4, -0.2) is 31.1 Å². The van der Waals surface area contributed by atoms with Gasteiger partial charge in [0, 0.05) is 23.4 Å². The molecule has 1 aliphatic carbocycles. The molecule has 2 amide bonds. The van der Waals surface area contributed by atoms with Crippen LogP contribution in [-0.2, 0) is 4.79 Å². The quantitative estimate of drug-likeness (QED) is 0.492. The van der Waals surface area contributed by atoms with E-state index in [-0.39, 0.29) is 17.5 Å². The number of halogens is 1. The zero-order valence-corrected chi connectivity index (χ0v) is 20.1. The van der Waals surface area contributed by atoms with Crippen molar-refractivity contribution in [1.29, 1.82) is 0 Å². The lowest BCUT2D eigenvalue weighted by Gasteiger charge is -2.34. The highest BCUT2D eigenvalue weighted by Crippen LogP contribution is 2.38. The minimum Gasteiger partial charge on any atom is -0.486 e. The van der Waals surface area contributed by atoms with E-state index in [0.717, 1.165) is 32.1 Å². The average Bonchev–Trinajstić information content (AvgIpc) is 3.43. The van der Waals surface area contributed by atoms with Crippen LogP contribution in [0.15, 0.2) is 60.0 Å². The minimum atomic E-state index is -1.20. The van der Waals surface area contributed by atoms with Gasteiger partial charge in [0.25, 0.3) is 5.91 Å². The highest BCUT2D eigenvalue weighted by atomic mass is 32.1. The van der Waals surface area contributed by atoms with E-state index in [1.807, 2.05) is 0 Å². The Bertz CT molecular complexity index is 1190. The molecule has 2 heterocycles. The SMILES string of the molecule is O=C(NC1CCCCC1)C(c1ccccc1F)N(C(=O)c1cccs1)c1ccc2c(c1)OCCO2. The molecule has 6 nitrogen and oxygen atoms in total. The number of rotatable bonds is 6. The second kappa shape index (κ2) is 10.5. The normalized spacial score (nSPS) is 16.4. The van der Waals surface area contributed by atoms with Gasteiger partial charge in [0.2, 0.25) is 5.91 Å². The third-order valence-electron chi connectivity index (χ3n) is 6.41. The number of thiophene rings is 1. The van der Waals surface area contributed by atoms with Gasteiger partial charge < -0.3 is 14.8 Å². The van der Waals surface area contributed by atoms with Crippen LogP contribution in [0, 0.1) is 5.82 Å². The summed E-state index contributed by atoms with van der Waals surface area (Å²) in [6, 6.07) is 13.5. The number of anilines is 1. The Morgan fingerprint density at radius 2 is 1.74 bits per heavy atom. The van der Waals surface area contributed by atoms with E-state index >= 15 is 4.39 Å². The predicted molar refractivity (Wildman–Crippen MR) is 133 cm³/mol. The summed E-state index contributed by atoms with van der Waals surface area (Å²) in [7, 11) is 0. The van der Waals surface area contributed by atoms with E-state index in [1.54, 1.807) is 53.9 Å². The Labute approximate surface area is 207 Å². The summed E-state index contributed by atoms with van der Waals surface area (Å²) in [4.78, 5) is 29.5. The van der Waals surface area contributed by atoms with Gasteiger partial charge in [0.15, 0.2) is 11.5 Å². The third kappa shape index (κ3) is 5.03. The molecular weight excluding hydrogens is 467 g/mol. The van der Waals surface area contributed by atoms with Crippen LogP contribution in [0.5, 0.6) is 11.5 Å². The van der Waals surface area contributed by atoms with Crippen molar-refractivity contribution >= 4 is 28.8 Å². The van der Waals surface area contributed by atoms with E-state index in [0.29, 0.717) is 35.3 Å². The Morgan fingerprint density at radius 3 is 2.49 bits per heavy atom. The van der Waals surface area contributed by atoms with Gasteiger partial charge in [0.05, 0.1) is 4.88 Å². The number of fused-ring (bicyclic) bond motifs is 1. The first-order chi connectivity index (χ1) is 17.1. The van der Waals surface area contributed by atoms with Gasteiger partial charge in [-0.05, 0) is 42.5 Å². The molecule has 1 aromatic heterocycles. The largest absolute Gasteiger partial charge is 0.486 e. The fourth-order valence-electron chi connectivity index (χ4n) is 4.71. The Kier molecular flexibility index (Phi) is 6.99. The van der Waals surface area contributed by atoms with E-state index in [1.165, 1.54) is 22.3 Å². The molecule has 5 rings (SSSR count). The first-order valence-electron chi connectivity index (χ1n) is 11.9. The molecule has 1 saturated carbocycles. The second-order valence-corrected chi connectivity index (χ2v) is 9.70. The van der Waals surface area contributed by atoms with E-state index < -0.39 is 17.8 Å². The van der Waals surface area contributed by atoms with Gasteiger partial charge in [-0.15, -0.1) is 11.3 Å². The molecule has 35 heavy (non-hydrogen) atoms. The molecule has 2 aliphatic rings. The van der Waals surface area contributed by atoms with Gasteiger partial charge in [-0.1, -0.05) is 43.5 Å². The van der Waals surface area contributed by atoms with Crippen molar-refractivity contribution in [2.75, 3.05) is 18.1 Å². The van der Waals surface area contributed by atoms with Crippen molar-refractivity contribution in [1.82, 2.24) is 5.32 Å². The van der Waals surface area contributed by atoms with Gasteiger partial charge in [-0.25, -0.2) is 4.39 Å².